The molecule has 0 bridgehead atoms. The fourth-order valence-corrected chi connectivity index (χ4v) is 4.02. The zero-order valence-corrected chi connectivity index (χ0v) is 12.3. The number of benzene rings is 2. The van der Waals surface area contributed by atoms with Crippen LogP contribution in [-0.4, -0.2) is 28.8 Å². The van der Waals surface area contributed by atoms with E-state index in [-0.39, 0.29) is 15.5 Å². The fraction of sp³-hybridized carbons (Fsp3) is 0.231. The lowest BCUT2D eigenvalue weighted by Crippen LogP contribution is -2.05. The summed E-state index contributed by atoms with van der Waals surface area (Å²) in [6.45, 7) is 1.56. The Morgan fingerprint density at radius 2 is 1.32 bits per heavy atom. The summed E-state index contributed by atoms with van der Waals surface area (Å²) in [7, 11) is -6.78. The van der Waals surface area contributed by atoms with Crippen LogP contribution in [0.1, 0.15) is 6.92 Å². The number of hydrogen-bond donors (Lipinski definition) is 0. The highest BCUT2D eigenvalue weighted by Crippen LogP contribution is 2.28. The van der Waals surface area contributed by atoms with Gasteiger partial charge in [0.15, 0.2) is 19.7 Å². The molecule has 2 aromatic carbocycles. The van der Waals surface area contributed by atoms with E-state index in [1.54, 1.807) is 31.2 Å². The molecule has 0 aliphatic carbocycles. The van der Waals surface area contributed by atoms with E-state index in [0.29, 0.717) is 10.8 Å². The summed E-state index contributed by atoms with van der Waals surface area (Å²) in [5.41, 5.74) is 0. The zero-order chi connectivity index (χ0) is 14.3. The van der Waals surface area contributed by atoms with Crippen LogP contribution in [0.3, 0.4) is 0 Å². The number of rotatable bonds is 3. The van der Waals surface area contributed by atoms with Gasteiger partial charge in [0.1, 0.15) is 0 Å². The van der Waals surface area contributed by atoms with Gasteiger partial charge in [0, 0.05) is 17.0 Å². The Morgan fingerprint density at radius 3 is 1.79 bits per heavy atom. The first-order valence-corrected chi connectivity index (χ1v) is 9.26. The molecule has 0 saturated heterocycles. The minimum absolute atomic E-state index is 0.0186. The van der Waals surface area contributed by atoms with Crippen LogP contribution in [0.2, 0.25) is 0 Å². The second-order valence-electron chi connectivity index (χ2n) is 4.28. The Hall–Kier alpha value is -1.40. The third-order valence-corrected chi connectivity index (χ3v) is 5.90. The maximum atomic E-state index is 12.0. The summed E-state index contributed by atoms with van der Waals surface area (Å²) in [6.07, 6.45) is 1.11. The number of fused-ring (bicyclic) bond motifs is 1. The van der Waals surface area contributed by atoms with Crippen LogP contribution >= 0.6 is 0 Å². The standard InChI is InChI=1S/C13H14O4S2/c1-3-19(16,17)13-9-5-6-10-11(13)7-4-8-12(10)18(2,14)15/h4-9H,3H2,1-2H3. The molecule has 102 valence electrons. The molecule has 19 heavy (non-hydrogen) atoms. The van der Waals surface area contributed by atoms with Crippen LogP contribution in [0.5, 0.6) is 0 Å². The minimum atomic E-state index is -3.39. The summed E-state index contributed by atoms with van der Waals surface area (Å²) in [4.78, 5) is 0.330. The highest BCUT2D eigenvalue weighted by atomic mass is 32.2. The van der Waals surface area contributed by atoms with E-state index >= 15 is 0 Å². The van der Waals surface area contributed by atoms with Crippen molar-refractivity contribution in [2.75, 3.05) is 12.0 Å². The summed E-state index contributed by atoms with van der Waals surface area (Å²) in [5.74, 6) is -0.0186. The van der Waals surface area contributed by atoms with Gasteiger partial charge in [-0.15, -0.1) is 0 Å². The van der Waals surface area contributed by atoms with Crippen LogP contribution in [0.15, 0.2) is 46.2 Å². The first-order valence-electron chi connectivity index (χ1n) is 5.72. The first kappa shape index (κ1) is 14.0. The van der Waals surface area contributed by atoms with Gasteiger partial charge in [-0.2, -0.15) is 0 Å². The van der Waals surface area contributed by atoms with E-state index in [9.17, 15) is 16.8 Å². The molecule has 0 heterocycles. The average molecular weight is 298 g/mol. The second-order valence-corrected chi connectivity index (χ2v) is 8.51. The van der Waals surface area contributed by atoms with Crippen molar-refractivity contribution in [3.63, 3.8) is 0 Å². The van der Waals surface area contributed by atoms with E-state index in [0.717, 1.165) is 6.26 Å². The predicted molar refractivity (Wildman–Crippen MR) is 74.8 cm³/mol. The topological polar surface area (TPSA) is 68.3 Å². The van der Waals surface area contributed by atoms with Gasteiger partial charge in [-0.3, -0.25) is 0 Å². The SMILES string of the molecule is CCS(=O)(=O)c1cccc2c(S(C)(=O)=O)cccc12. The minimum Gasteiger partial charge on any atom is -0.224 e. The largest absolute Gasteiger partial charge is 0.224 e. The Labute approximate surface area is 112 Å². The van der Waals surface area contributed by atoms with Crippen molar-refractivity contribution in [1.29, 1.82) is 0 Å². The molecule has 0 aliphatic heterocycles. The van der Waals surface area contributed by atoms with Gasteiger partial charge in [0.05, 0.1) is 15.5 Å². The third-order valence-electron chi connectivity index (χ3n) is 2.96. The molecule has 0 spiro atoms. The average Bonchev–Trinajstić information content (AvgIpc) is 2.36. The normalized spacial score (nSPS) is 12.7. The van der Waals surface area contributed by atoms with Crippen LogP contribution < -0.4 is 0 Å². The molecule has 6 heteroatoms. The molecule has 4 nitrogen and oxygen atoms in total. The molecule has 0 fully saturated rings. The second kappa shape index (κ2) is 4.61. The molecule has 0 aliphatic rings. The molecule has 2 aromatic rings. The van der Waals surface area contributed by atoms with Crippen molar-refractivity contribution < 1.29 is 16.8 Å². The Bertz CT molecular complexity index is 834. The van der Waals surface area contributed by atoms with Crippen LogP contribution in [0.25, 0.3) is 10.8 Å². The molecule has 2 rings (SSSR count). The number of sulfone groups is 2. The van der Waals surface area contributed by atoms with Gasteiger partial charge in [-0.1, -0.05) is 31.2 Å². The summed E-state index contributed by atoms with van der Waals surface area (Å²) in [5, 5.41) is 0.895. The Morgan fingerprint density at radius 1 is 0.842 bits per heavy atom. The van der Waals surface area contributed by atoms with Crippen molar-refractivity contribution in [3.05, 3.63) is 36.4 Å². The Balaban J connectivity index is 2.95. The zero-order valence-electron chi connectivity index (χ0n) is 10.6. The van der Waals surface area contributed by atoms with Crippen LogP contribution in [0, 0.1) is 0 Å². The van der Waals surface area contributed by atoms with Crippen molar-refractivity contribution in [3.8, 4) is 0 Å². The lowest BCUT2D eigenvalue weighted by molar-refractivity contribution is 0.597. The lowest BCUT2D eigenvalue weighted by Gasteiger charge is -2.09. The molecule has 0 radical (unpaired) electrons. The van der Waals surface area contributed by atoms with Gasteiger partial charge >= 0.3 is 0 Å². The predicted octanol–water partition coefficient (Wildman–Crippen LogP) is 2.04. The van der Waals surface area contributed by atoms with E-state index in [1.165, 1.54) is 12.1 Å². The molecule has 0 atom stereocenters. The van der Waals surface area contributed by atoms with Gasteiger partial charge in [-0.05, 0) is 12.1 Å². The Kier molecular flexibility index (Phi) is 3.40. The van der Waals surface area contributed by atoms with E-state index in [2.05, 4.69) is 0 Å². The molecule has 0 aromatic heterocycles. The summed E-state index contributed by atoms with van der Waals surface area (Å²) >= 11 is 0. The van der Waals surface area contributed by atoms with Crippen LogP contribution in [0.4, 0.5) is 0 Å². The molecule has 0 unspecified atom stereocenters. The smallest absolute Gasteiger partial charge is 0.178 e. The maximum Gasteiger partial charge on any atom is 0.178 e. The van der Waals surface area contributed by atoms with Crippen molar-refractivity contribution in [2.24, 2.45) is 0 Å². The summed E-state index contributed by atoms with van der Waals surface area (Å²) < 4.78 is 47.5. The number of hydrogen-bond acceptors (Lipinski definition) is 4. The van der Waals surface area contributed by atoms with E-state index in [4.69, 9.17) is 0 Å². The van der Waals surface area contributed by atoms with Gasteiger partial charge in [0.2, 0.25) is 0 Å². The highest BCUT2D eigenvalue weighted by Gasteiger charge is 2.18. The molecular weight excluding hydrogens is 284 g/mol. The lowest BCUT2D eigenvalue weighted by atomic mass is 10.1. The van der Waals surface area contributed by atoms with Crippen molar-refractivity contribution in [1.82, 2.24) is 0 Å². The van der Waals surface area contributed by atoms with E-state index < -0.39 is 19.7 Å². The van der Waals surface area contributed by atoms with Crippen LogP contribution in [-0.2, 0) is 19.7 Å². The molecular formula is C13H14O4S2. The maximum absolute atomic E-state index is 12.0. The fourth-order valence-electron chi connectivity index (χ4n) is 2.00. The third kappa shape index (κ3) is 2.50. The molecule has 0 N–H and O–H groups in total. The van der Waals surface area contributed by atoms with Crippen molar-refractivity contribution in [2.45, 2.75) is 16.7 Å². The van der Waals surface area contributed by atoms with Gasteiger partial charge < -0.3 is 0 Å². The molecule has 0 saturated carbocycles. The van der Waals surface area contributed by atoms with Crippen molar-refractivity contribution >= 4 is 30.4 Å². The molecule has 0 amide bonds. The van der Waals surface area contributed by atoms with Gasteiger partial charge in [0.25, 0.3) is 0 Å². The first-order chi connectivity index (χ1) is 8.77. The van der Waals surface area contributed by atoms with Gasteiger partial charge in [-0.25, -0.2) is 16.8 Å². The quantitative estimate of drug-likeness (QED) is 0.869. The summed E-state index contributed by atoms with van der Waals surface area (Å²) in [6, 6.07) is 9.38. The van der Waals surface area contributed by atoms with E-state index in [1.807, 2.05) is 0 Å². The monoisotopic (exact) mass is 298 g/mol. The highest BCUT2D eigenvalue weighted by molar-refractivity contribution is 7.91.